The lowest BCUT2D eigenvalue weighted by Gasteiger charge is -2.26. The summed E-state index contributed by atoms with van der Waals surface area (Å²) in [5.74, 6) is -1.65. The van der Waals surface area contributed by atoms with Crippen molar-refractivity contribution in [3.63, 3.8) is 0 Å². The zero-order chi connectivity index (χ0) is 32.8. The Kier molecular flexibility index (Phi) is 13.4. The summed E-state index contributed by atoms with van der Waals surface area (Å²) in [5, 5.41) is 15.0. The van der Waals surface area contributed by atoms with Crippen molar-refractivity contribution in [1.82, 2.24) is 15.7 Å². The molecule has 2 amide bonds. The van der Waals surface area contributed by atoms with E-state index in [9.17, 15) is 19.2 Å². The van der Waals surface area contributed by atoms with Gasteiger partial charge in [0, 0.05) is 36.7 Å². The number of esters is 2. The maximum absolute atomic E-state index is 13.2. The molecule has 45 heavy (non-hydrogen) atoms. The van der Waals surface area contributed by atoms with Crippen LogP contribution >= 0.6 is 0 Å². The first-order chi connectivity index (χ1) is 21.6. The van der Waals surface area contributed by atoms with Crippen LogP contribution in [0.1, 0.15) is 67.9 Å². The van der Waals surface area contributed by atoms with Crippen LogP contribution in [-0.4, -0.2) is 73.6 Å². The molecule has 13 heteroatoms. The fourth-order valence-corrected chi connectivity index (χ4v) is 4.45. The van der Waals surface area contributed by atoms with Crippen molar-refractivity contribution < 1.29 is 38.2 Å². The van der Waals surface area contributed by atoms with Crippen LogP contribution in [0.2, 0.25) is 0 Å². The van der Waals surface area contributed by atoms with Gasteiger partial charge in [-0.05, 0) is 63.1 Å². The maximum atomic E-state index is 13.2. The Morgan fingerprint density at radius 3 is 2.27 bits per heavy atom. The van der Waals surface area contributed by atoms with E-state index in [4.69, 9.17) is 30.2 Å². The quantitative estimate of drug-likeness (QED) is 0.0996. The highest BCUT2D eigenvalue weighted by atomic mass is 16.7. The summed E-state index contributed by atoms with van der Waals surface area (Å²) < 4.78 is 16.2. The molecule has 1 atom stereocenters. The summed E-state index contributed by atoms with van der Waals surface area (Å²) in [6, 6.07) is 10.5. The first-order valence-corrected chi connectivity index (χ1v) is 14.9. The minimum atomic E-state index is -0.821. The molecule has 5 N–H and O–H groups in total. The number of piperidine rings is 1. The van der Waals surface area contributed by atoms with Gasteiger partial charge in [-0.15, -0.1) is 5.06 Å². The molecule has 242 valence electrons. The maximum Gasteiger partial charge on any atom is 0.354 e. The smallest absolute Gasteiger partial charge is 0.354 e. The normalized spacial score (nSPS) is 14.1. The van der Waals surface area contributed by atoms with Crippen LogP contribution in [0.3, 0.4) is 0 Å². The second kappa shape index (κ2) is 17.4. The topological polar surface area (TPSA) is 182 Å². The summed E-state index contributed by atoms with van der Waals surface area (Å²) >= 11 is 0. The van der Waals surface area contributed by atoms with Crippen molar-refractivity contribution >= 4 is 35.7 Å². The lowest BCUT2D eigenvalue weighted by Crippen LogP contribution is -2.41. The van der Waals surface area contributed by atoms with E-state index in [1.54, 1.807) is 50.2 Å². The van der Waals surface area contributed by atoms with E-state index in [2.05, 4.69) is 10.6 Å². The van der Waals surface area contributed by atoms with Crippen LogP contribution in [0.4, 0.5) is 0 Å². The van der Waals surface area contributed by atoms with Gasteiger partial charge in [-0.2, -0.15) is 0 Å². The van der Waals surface area contributed by atoms with Crippen molar-refractivity contribution in [3.05, 3.63) is 64.9 Å². The van der Waals surface area contributed by atoms with Gasteiger partial charge in [-0.1, -0.05) is 18.6 Å². The third-order valence-electron chi connectivity index (χ3n) is 6.59. The fraction of sp³-hybridized carbons (Fsp3) is 0.406. The number of hydroxylamine groups is 2. The molecule has 1 saturated heterocycles. The SMILES string of the molecule is CCOC(=O)C[C@H](COc1cc(C(=N)N)ccc1/C=C(\NC(C)=O)C(=O)OCC)NC(=O)c1ccc(ON2CCCCC2)cc1. The molecular weight excluding hydrogens is 582 g/mol. The van der Waals surface area contributed by atoms with Gasteiger partial charge in [-0.25, -0.2) is 4.79 Å². The summed E-state index contributed by atoms with van der Waals surface area (Å²) in [5.41, 5.74) is 6.59. The highest BCUT2D eigenvalue weighted by molar-refractivity contribution is 5.99. The van der Waals surface area contributed by atoms with Crippen molar-refractivity contribution in [2.75, 3.05) is 32.9 Å². The van der Waals surface area contributed by atoms with Crippen molar-refractivity contribution in [2.45, 2.75) is 52.5 Å². The van der Waals surface area contributed by atoms with Crippen LogP contribution < -0.4 is 25.9 Å². The van der Waals surface area contributed by atoms with E-state index in [-0.39, 0.29) is 43.5 Å². The van der Waals surface area contributed by atoms with E-state index in [1.807, 2.05) is 5.06 Å². The molecule has 0 bridgehead atoms. The third-order valence-corrected chi connectivity index (χ3v) is 6.59. The molecule has 3 rings (SSSR count). The van der Waals surface area contributed by atoms with Gasteiger partial charge < -0.3 is 35.4 Å². The third kappa shape index (κ3) is 11.3. The molecule has 0 saturated carbocycles. The van der Waals surface area contributed by atoms with Crippen LogP contribution in [0, 0.1) is 5.41 Å². The molecule has 0 radical (unpaired) electrons. The number of carbonyl (C=O) groups is 4. The van der Waals surface area contributed by atoms with Gasteiger partial charge in [0.15, 0.2) is 0 Å². The number of nitrogens with zero attached hydrogens (tertiary/aromatic N) is 1. The number of amidine groups is 1. The molecular formula is C32H41N5O8. The number of ether oxygens (including phenoxy) is 3. The van der Waals surface area contributed by atoms with E-state index >= 15 is 0 Å². The molecule has 0 unspecified atom stereocenters. The zero-order valence-electron chi connectivity index (χ0n) is 25.9. The highest BCUT2D eigenvalue weighted by Gasteiger charge is 2.21. The van der Waals surface area contributed by atoms with Gasteiger partial charge in [0.05, 0.1) is 25.7 Å². The fourth-order valence-electron chi connectivity index (χ4n) is 4.45. The summed E-state index contributed by atoms with van der Waals surface area (Å²) in [7, 11) is 0. The molecule has 1 heterocycles. The van der Waals surface area contributed by atoms with Crippen molar-refractivity contribution in [1.29, 1.82) is 5.41 Å². The number of amides is 2. The number of hydrogen-bond donors (Lipinski definition) is 4. The Morgan fingerprint density at radius 2 is 1.64 bits per heavy atom. The van der Waals surface area contributed by atoms with Crippen LogP contribution in [0.5, 0.6) is 11.5 Å². The van der Waals surface area contributed by atoms with E-state index in [0.717, 1.165) is 25.9 Å². The Labute approximate surface area is 262 Å². The Bertz CT molecular complexity index is 1390. The second-order valence-corrected chi connectivity index (χ2v) is 10.2. The van der Waals surface area contributed by atoms with Crippen molar-refractivity contribution in [2.24, 2.45) is 5.73 Å². The van der Waals surface area contributed by atoms with Crippen LogP contribution in [0.25, 0.3) is 6.08 Å². The molecule has 0 aromatic heterocycles. The lowest BCUT2D eigenvalue weighted by molar-refractivity contribution is -0.144. The number of benzene rings is 2. The van der Waals surface area contributed by atoms with Gasteiger partial charge in [0.25, 0.3) is 5.91 Å². The Hall–Kier alpha value is -4.91. The Morgan fingerprint density at radius 1 is 0.978 bits per heavy atom. The molecule has 1 aliphatic heterocycles. The molecule has 2 aromatic carbocycles. The number of nitrogen functional groups attached to an aromatic ring is 1. The van der Waals surface area contributed by atoms with Gasteiger partial charge in [-0.3, -0.25) is 19.8 Å². The molecule has 0 aliphatic carbocycles. The molecule has 2 aromatic rings. The predicted molar refractivity (Wildman–Crippen MR) is 166 cm³/mol. The largest absolute Gasteiger partial charge is 0.491 e. The molecule has 1 aliphatic rings. The van der Waals surface area contributed by atoms with Gasteiger partial charge in [0.2, 0.25) is 5.91 Å². The Balaban J connectivity index is 1.82. The zero-order valence-corrected chi connectivity index (χ0v) is 25.9. The molecule has 13 nitrogen and oxygen atoms in total. The second-order valence-electron chi connectivity index (χ2n) is 10.2. The van der Waals surface area contributed by atoms with Crippen LogP contribution in [0.15, 0.2) is 48.2 Å². The lowest BCUT2D eigenvalue weighted by atomic mass is 10.1. The summed E-state index contributed by atoms with van der Waals surface area (Å²) in [6.45, 7) is 6.33. The summed E-state index contributed by atoms with van der Waals surface area (Å²) in [6.07, 6.45) is 4.51. The first kappa shape index (κ1) is 34.6. The highest BCUT2D eigenvalue weighted by Crippen LogP contribution is 2.24. The van der Waals surface area contributed by atoms with Crippen molar-refractivity contribution in [3.8, 4) is 11.5 Å². The van der Waals surface area contributed by atoms with E-state index in [1.165, 1.54) is 25.5 Å². The number of rotatable bonds is 15. The van der Waals surface area contributed by atoms with E-state index in [0.29, 0.717) is 22.4 Å². The molecule has 1 fully saturated rings. The first-order valence-electron chi connectivity index (χ1n) is 14.9. The van der Waals surface area contributed by atoms with Gasteiger partial charge in [0.1, 0.15) is 29.6 Å². The van der Waals surface area contributed by atoms with Gasteiger partial charge >= 0.3 is 11.9 Å². The average molecular weight is 624 g/mol. The standard InChI is InChI=1S/C32H41N5O8/c1-4-42-29(39)19-25(36-31(40)22-11-13-26(14-12-22)45-37-15-7-6-8-16-37)20-44-28-18-24(30(33)34)10-9-23(28)17-27(35-21(3)38)32(41)43-5-2/h9-14,17-18,25H,4-8,15-16,19-20H2,1-3H3,(H3,33,34)(H,35,38)(H,36,40)/b27-17-/t25-/m1/s1. The van der Waals surface area contributed by atoms with Crippen LogP contribution in [-0.2, 0) is 23.9 Å². The number of nitrogens with two attached hydrogens (primary N) is 1. The number of nitrogens with one attached hydrogen (secondary N) is 3. The predicted octanol–water partition coefficient (Wildman–Crippen LogP) is 2.92. The number of hydrogen-bond acceptors (Lipinski definition) is 10. The minimum Gasteiger partial charge on any atom is -0.491 e. The monoisotopic (exact) mass is 623 g/mol. The molecule has 0 spiro atoms. The van der Waals surface area contributed by atoms with E-state index < -0.39 is 29.8 Å². The average Bonchev–Trinajstić information content (AvgIpc) is 3.00. The number of carbonyl (C=O) groups excluding carboxylic acids is 4. The minimum absolute atomic E-state index is 0.0891. The summed E-state index contributed by atoms with van der Waals surface area (Å²) in [4.78, 5) is 55.7.